The average molecular weight is 479 g/mol. The van der Waals surface area contributed by atoms with Crippen LogP contribution in [-0.4, -0.2) is 61.0 Å². The summed E-state index contributed by atoms with van der Waals surface area (Å²) >= 11 is -2.01. The summed E-state index contributed by atoms with van der Waals surface area (Å²) in [5.74, 6) is 0.496. The van der Waals surface area contributed by atoms with Crippen molar-refractivity contribution in [1.82, 2.24) is 18.9 Å². The van der Waals surface area contributed by atoms with Crippen LogP contribution in [0, 0.1) is 0 Å². The first-order valence-electron chi connectivity index (χ1n) is 11.0. The number of benzene rings is 2. The van der Waals surface area contributed by atoms with E-state index in [0.717, 1.165) is 54.3 Å². The van der Waals surface area contributed by atoms with Crippen molar-refractivity contribution in [3.05, 3.63) is 72.4 Å². The molecule has 1 fully saturated rings. The van der Waals surface area contributed by atoms with Gasteiger partial charge in [-0.3, -0.25) is 4.55 Å². The lowest BCUT2D eigenvalue weighted by Crippen LogP contribution is -2.36. The Kier molecular flexibility index (Phi) is 6.54. The highest BCUT2D eigenvalue weighted by Gasteiger charge is 2.12. The highest BCUT2D eigenvalue weighted by Crippen LogP contribution is 2.25. The summed E-state index contributed by atoms with van der Waals surface area (Å²) in [6, 6.07) is 20.1. The molecular formula is C24H26N6O3S. The first kappa shape index (κ1) is 22.5. The number of fused-ring (bicyclic) bond motifs is 1. The molecule has 1 aliphatic heterocycles. The van der Waals surface area contributed by atoms with Gasteiger partial charge >= 0.3 is 0 Å². The minimum absolute atomic E-state index is 0.364. The van der Waals surface area contributed by atoms with E-state index < -0.39 is 11.3 Å². The van der Waals surface area contributed by atoms with Gasteiger partial charge in [-0.15, -0.1) is 5.10 Å². The number of nitrogens with zero attached hydrogens (tertiary/aromatic N) is 5. The molecule has 0 saturated carbocycles. The third-order valence-corrected chi connectivity index (χ3v) is 6.46. The highest BCUT2D eigenvalue weighted by atomic mass is 32.2. The monoisotopic (exact) mass is 478 g/mol. The number of morpholine rings is 1. The van der Waals surface area contributed by atoms with Crippen molar-refractivity contribution in [2.75, 3.05) is 43.6 Å². The third kappa shape index (κ3) is 4.95. The van der Waals surface area contributed by atoms with Crippen molar-refractivity contribution < 1.29 is 13.5 Å². The molecule has 3 heterocycles. The van der Waals surface area contributed by atoms with Crippen LogP contribution in [0.15, 0.2) is 66.9 Å². The Balaban J connectivity index is 1.37. The number of anilines is 3. The summed E-state index contributed by atoms with van der Waals surface area (Å²) in [6.07, 6.45) is 1.79. The fourth-order valence-electron chi connectivity index (χ4n) is 4.03. The molecule has 5 rings (SSSR count). The minimum atomic E-state index is -2.01. The average Bonchev–Trinajstić information content (AvgIpc) is 3.28. The Morgan fingerprint density at radius 3 is 2.68 bits per heavy atom. The van der Waals surface area contributed by atoms with E-state index in [9.17, 15) is 8.76 Å². The molecule has 2 N–H and O–H groups in total. The second-order valence-corrected chi connectivity index (χ2v) is 9.21. The maximum absolute atomic E-state index is 11.3. The zero-order valence-electron chi connectivity index (χ0n) is 18.8. The quantitative estimate of drug-likeness (QED) is 0.392. The fourth-order valence-corrected chi connectivity index (χ4v) is 4.28. The number of aromatic nitrogens is 3. The molecule has 1 saturated heterocycles. The van der Waals surface area contributed by atoms with Crippen LogP contribution >= 0.6 is 0 Å². The van der Waals surface area contributed by atoms with E-state index in [0.29, 0.717) is 12.5 Å². The van der Waals surface area contributed by atoms with Crippen molar-refractivity contribution in [1.29, 1.82) is 0 Å². The molecule has 0 spiro atoms. The zero-order chi connectivity index (χ0) is 23.5. The minimum Gasteiger partial charge on any atom is -0.378 e. The van der Waals surface area contributed by atoms with Crippen LogP contribution in [0.5, 0.6) is 0 Å². The summed E-state index contributed by atoms with van der Waals surface area (Å²) in [7, 11) is 1.61. The fraction of sp³-hybridized carbons (Fsp3) is 0.250. The second-order valence-electron chi connectivity index (χ2n) is 8.13. The van der Waals surface area contributed by atoms with Crippen LogP contribution < -0.4 is 10.2 Å². The lowest BCUT2D eigenvalue weighted by Gasteiger charge is -2.28. The van der Waals surface area contributed by atoms with Crippen LogP contribution in [0.3, 0.4) is 0 Å². The highest BCUT2D eigenvalue weighted by molar-refractivity contribution is 7.76. The summed E-state index contributed by atoms with van der Waals surface area (Å²) in [5.41, 5.74) is 5.78. The van der Waals surface area contributed by atoms with Gasteiger partial charge in [0.05, 0.1) is 30.6 Å². The summed E-state index contributed by atoms with van der Waals surface area (Å²) in [4.78, 5) is 6.77. The summed E-state index contributed by atoms with van der Waals surface area (Å²) in [6.45, 7) is 3.68. The Labute approximate surface area is 200 Å². The van der Waals surface area contributed by atoms with Gasteiger partial charge in [-0.05, 0) is 48.0 Å². The summed E-state index contributed by atoms with van der Waals surface area (Å²) < 4.78 is 29.2. The Hall–Kier alpha value is -3.31. The van der Waals surface area contributed by atoms with Crippen LogP contribution in [-0.2, 0) is 22.5 Å². The Morgan fingerprint density at radius 1 is 1.12 bits per heavy atom. The van der Waals surface area contributed by atoms with Gasteiger partial charge in [0.2, 0.25) is 17.2 Å². The molecule has 1 unspecified atom stereocenters. The van der Waals surface area contributed by atoms with Gasteiger partial charge in [0.1, 0.15) is 0 Å². The molecule has 0 amide bonds. The van der Waals surface area contributed by atoms with E-state index in [-0.39, 0.29) is 0 Å². The van der Waals surface area contributed by atoms with E-state index in [1.54, 1.807) is 13.2 Å². The van der Waals surface area contributed by atoms with Crippen LogP contribution in [0.2, 0.25) is 0 Å². The van der Waals surface area contributed by atoms with Gasteiger partial charge in [-0.1, -0.05) is 18.2 Å². The number of nitrogens with one attached hydrogen (secondary N) is 1. The Bertz CT molecular complexity index is 1300. The standard InChI is InChI=1S/C24H26N6O3S/c1-28(34(31)32)17-18-3-2-4-19(15-18)23-10-9-22-16-25-24(27-30(22)23)26-20-5-7-21(8-6-20)29-11-13-33-14-12-29/h2-10,15-16H,11-14,17H2,1H3,(H,26,27)(H,31,32). The maximum Gasteiger partial charge on any atom is 0.245 e. The second kappa shape index (κ2) is 9.90. The third-order valence-electron chi connectivity index (χ3n) is 5.79. The van der Waals surface area contributed by atoms with Gasteiger partial charge in [0, 0.05) is 43.6 Å². The van der Waals surface area contributed by atoms with E-state index in [4.69, 9.17) is 9.84 Å². The molecule has 34 heavy (non-hydrogen) atoms. The lowest BCUT2D eigenvalue weighted by atomic mass is 10.1. The smallest absolute Gasteiger partial charge is 0.245 e. The van der Waals surface area contributed by atoms with Crippen LogP contribution in [0.25, 0.3) is 16.8 Å². The zero-order valence-corrected chi connectivity index (χ0v) is 19.6. The number of ether oxygens (including phenoxy) is 1. The van der Waals surface area contributed by atoms with Gasteiger partial charge in [-0.2, -0.15) is 4.31 Å². The van der Waals surface area contributed by atoms with Crippen LogP contribution in [0.4, 0.5) is 17.3 Å². The van der Waals surface area contributed by atoms with E-state index in [2.05, 4.69) is 27.3 Å². The molecule has 0 aliphatic carbocycles. The maximum atomic E-state index is 11.3. The van der Waals surface area contributed by atoms with Gasteiger partial charge in [0.15, 0.2) is 0 Å². The van der Waals surface area contributed by atoms with E-state index >= 15 is 0 Å². The van der Waals surface area contributed by atoms with Crippen molar-refractivity contribution >= 4 is 34.1 Å². The molecule has 2 aromatic carbocycles. The topological polar surface area (TPSA) is 95.2 Å². The predicted molar refractivity (Wildman–Crippen MR) is 133 cm³/mol. The first-order valence-corrected chi connectivity index (χ1v) is 12.1. The molecule has 1 aliphatic rings. The number of rotatable bonds is 7. The van der Waals surface area contributed by atoms with Crippen LogP contribution in [0.1, 0.15) is 5.56 Å². The van der Waals surface area contributed by atoms with Crippen molar-refractivity contribution in [2.24, 2.45) is 0 Å². The number of hydrogen-bond donors (Lipinski definition) is 2. The van der Waals surface area contributed by atoms with E-state index in [1.807, 2.05) is 53.0 Å². The van der Waals surface area contributed by atoms with Gasteiger partial charge in [0.25, 0.3) is 0 Å². The molecule has 4 aromatic rings. The molecule has 1 atom stereocenters. The first-order chi connectivity index (χ1) is 16.6. The number of hydrogen-bond acceptors (Lipinski definition) is 6. The van der Waals surface area contributed by atoms with Gasteiger partial charge < -0.3 is 15.0 Å². The predicted octanol–water partition coefficient (Wildman–Crippen LogP) is 3.55. The molecular weight excluding hydrogens is 452 g/mol. The molecule has 0 bridgehead atoms. The molecule has 9 nitrogen and oxygen atoms in total. The largest absolute Gasteiger partial charge is 0.378 e. The van der Waals surface area contributed by atoms with E-state index in [1.165, 1.54) is 9.99 Å². The molecule has 10 heteroatoms. The summed E-state index contributed by atoms with van der Waals surface area (Å²) in [5, 5.41) is 8.00. The molecule has 176 valence electrons. The Morgan fingerprint density at radius 2 is 1.91 bits per heavy atom. The van der Waals surface area contributed by atoms with Crippen molar-refractivity contribution in [2.45, 2.75) is 6.54 Å². The van der Waals surface area contributed by atoms with Crippen molar-refractivity contribution in [3.8, 4) is 11.3 Å². The molecule has 2 aromatic heterocycles. The lowest BCUT2D eigenvalue weighted by molar-refractivity contribution is 0.122. The van der Waals surface area contributed by atoms with Crippen molar-refractivity contribution in [3.63, 3.8) is 0 Å². The normalized spacial score (nSPS) is 15.1. The molecule has 0 radical (unpaired) electrons. The SMILES string of the molecule is CN(Cc1cccc(-c2ccc3cnc(Nc4ccc(N5CCOCC5)cc4)nn23)c1)S(=O)O. The van der Waals surface area contributed by atoms with Gasteiger partial charge in [-0.25, -0.2) is 13.7 Å².